The fourth-order valence-corrected chi connectivity index (χ4v) is 6.22. The minimum Gasteiger partial charge on any atom is -0.0698 e. The second kappa shape index (κ2) is 5.60. The van der Waals surface area contributed by atoms with Crippen molar-refractivity contribution < 1.29 is 0 Å². The van der Waals surface area contributed by atoms with E-state index in [-0.39, 0.29) is 14.9 Å². The molecule has 0 spiro atoms. The lowest BCUT2D eigenvalue weighted by Gasteiger charge is -2.37. The van der Waals surface area contributed by atoms with Crippen molar-refractivity contribution in [2.45, 2.75) is 54.9 Å². The van der Waals surface area contributed by atoms with Crippen LogP contribution in [0.4, 0.5) is 0 Å². The number of allylic oxidation sites excluding steroid dienone is 4. The minimum absolute atomic E-state index is 0.272. The molecule has 0 N–H and O–H groups in total. The Morgan fingerprint density at radius 3 is 2.05 bits per heavy atom. The molecule has 0 saturated carbocycles. The number of hydrogen-bond acceptors (Lipinski definition) is 0. The highest BCUT2D eigenvalue weighted by Gasteiger charge is 2.40. The first-order valence-electron chi connectivity index (χ1n) is 8.07. The van der Waals surface area contributed by atoms with Crippen LogP contribution in [-0.2, 0) is 0 Å². The van der Waals surface area contributed by atoms with E-state index in [1.807, 2.05) is 0 Å². The third kappa shape index (κ3) is 3.23. The fourth-order valence-electron chi connectivity index (χ4n) is 3.99. The van der Waals surface area contributed by atoms with Crippen LogP contribution in [0.2, 0.25) is 0 Å². The molecule has 0 aromatic heterocycles. The normalized spacial score (nSPS) is 23.8. The van der Waals surface area contributed by atoms with E-state index < -0.39 is 0 Å². The van der Waals surface area contributed by atoms with Crippen LogP contribution in [0.15, 0.2) is 52.2 Å². The zero-order valence-electron chi connectivity index (χ0n) is 14.8. The molecule has 0 radical (unpaired) electrons. The Hall–Kier alpha value is -1.08. The summed E-state index contributed by atoms with van der Waals surface area (Å²) in [4.78, 5) is 0. The molecule has 1 aliphatic carbocycles. The Morgan fingerprint density at radius 1 is 0.952 bits per heavy atom. The van der Waals surface area contributed by atoms with Crippen LogP contribution >= 0.6 is 0 Å². The smallest absolute Gasteiger partial charge is 0.0698 e. The van der Waals surface area contributed by atoms with E-state index in [1.54, 1.807) is 27.1 Å². The van der Waals surface area contributed by atoms with E-state index in [1.165, 1.54) is 6.42 Å². The maximum atomic E-state index is 2.48. The second-order valence-corrected chi connectivity index (χ2v) is 9.96. The van der Waals surface area contributed by atoms with Crippen LogP contribution in [0, 0.1) is 10.8 Å². The number of benzene rings is 1. The molecule has 2 rings (SSSR count). The van der Waals surface area contributed by atoms with Gasteiger partial charge in [0, 0.05) is 5.41 Å². The van der Waals surface area contributed by atoms with Gasteiger partial charge in [0.25, 0.3) is 0 Å². The third-order valence-corrected chi connectivity index (χ3v) is 7.72. The highest BCUT2D eigenvalue weighted by atomic mass is 28.2. The Balaban J connectivity index is 2.42. The molecule has 0 nitrogen and oxygen atoms in total. The van der Waals surface area contributed by atoms with Gasteiger partial charge in [-0.15, -0.1) is 0 Å². The summed E-state index contributed by atoms with van der Waals surface area (Å²) in [6.07, 6.45) is 1.25. The molecule has 1 aromatic carbocycles. The molecule has 1 aliphatic rings. The molecular formula is C20H30Si. The zero-order valence-corrected chi connectivity index (χ0v) is 16.2. The minimum atomic E-state index is -0.381. The van der Waals surface area contributed by atoms with Gasteiger partial charge in [0.2, 0.25) is 0 Å². The molecule has 0 bridgehead atoms. The predicted octanol–water partition coefficient (Wildman–Crippen LogP) is 4.55. The molecule has 1 aromatic rings. The monoisotopic (exact) mass is 298 g/mol. The maximum Gasteiger partial charge on any atom is 0.0839 e. The van der Waals surface area contributed by atoms with Gasteiger partial charge in [0.15, 0.2) is 0 Å². The molecular weight excluding hydrogens is 268 g/mol. The Kier molecular flexibility index (Phi) is 4.35. The topological polar surface area (TPSA) is 0 Å². The van der Waals surface area contributed by atoms with Gasteiger partial charge in [-0.1, -0.05) is 79.6 Å². The van der Waals surface area contributed by atoms with Crippen molar-refractivity contribution >= 4 is 14.7 Å². The van der Waals surface area contributed by atoms with Gasteiger partial charge in [0.05, 0.1) is 9.52 Å². The van der Waals surface area contributed by atoms with E-state index in [0.29, 0.717) is 5.41 Å². The van der Waals surface area contributed by atoms with Gasteiger partial charge in [-0.3, -0.25) is 0 Å². The van der Waals surface area contributed by atoms with Gasteiger partial charge >= 0.3 is 0 Å². The van der Waals surface area contributed by atoms with Gasteiger partial charge in [-0.25, -0.2) is 0 Å². The van der Waals surface area contributed by atoms with Crippen molar-refractivity contribution in [1.29, 1.82) is 0 Å². The Morgan fingerprint density at radius 2 is 1.52 bits per heavy atom. The lowest BCUT2D eigenvalue weighted by molar-refractivity contribution is 0.274. The van der Waals surface area contributed by atoms with E-state index in [0.717, 1.165) is 0 Å². The van der Waals surface area contributed by atoms with Crippen molar-refractivity contribution in [1.82, 2.24) is 0 Å². The lowest BCUT2D eigenvalue weighted by Crippen LogP contribution is -2.32. The summed E-state index contributed by atoms with van der Waals surface area (Å²) in [5.74, 6) is 0. The Labute approximate surface area is 133 Å². The van der Waals surface area contributed by atoms with Crippen LogP contribution < -0.4 is 5.19 Å². The van der Waals surface area contributed by atoms with Gasteiger partial charge in [-0.2, -0.15) is 0 Å². The molecule has 0 fully saturated rings. The molecule has 0 heterocycles. The largest absolute Gasteiger partial charge is 0.0839 e. The first-order valence-corrected chi connectivity index (χ1v) is 9.49. The summed E-state index contributed by atoms with van der Waals surface area (Å²) in [7, 11) is -0.381. The molecule has 1 atom stereocenters. The summed E-state index contributed by atoms with van der Waals surface area (Å²) < 4.78 is 0. The quantitative estimate of drug-likeness (QED) is 0.718. The first kappa shape index (κ1) is 16.3. The van der Waals surface area contributed by atoms with Crippen LogP contribution in [0.3, 0.4) is 0 Å². The summed E-state index contributed by atoms with van der Waals surface area (Å²) in [6, 6.07) is 11.1. The first-order chi connectivity index (χ1) is 9.65. The Bertz CT molecular complexity index is 584. The molecule has 0 amide bonds. The highest BCUT2D eigenvalue weighted by molar-refractivity contribution is 6.61. The van der Waals surface area contributed by atoms with Crippen molar-refractivity contribution in [3.8, 4) is 0 Å². The predicted molar refractivity (Wildman–Crippen MR) is 97.9 cm³/mol. The molecule has 1 heteroatoms. The number of rotatable bonds is 3. The summed E-state index contributed by atoms with van der Waals surface area (Å²) in [5.41, 5.74) is 5.36. The zero-order chi connectivity index (χ0) is 15.8. The highest BCUT2D eigenvalue weighted by Crippen LogP contribution is 2.51. The van der Waals surface area contributed by atoms with Gasteiger partial charge in [0.1, 0.15) is 0 Å². The van der Waals surface area contributed by atoms with Crippen molar-refractivity contribution in [3.63, 3.8) is 0 Å². The average molecular weight is 299 g/mol. The lowest BCUT2D eigenvalue weighted by atomic mass is 9.72. The maximum absolute atomic E-state index is 2.48. The van der Waals surface area contributed by atoms with Crippen molar-refractivity contribution in [2.75, 3.05) is 0 Å². The van der Waals surface area contributed by atoms with Gasteiger partial charge < -0.3 is 0 Å². The summed E-state index contributed by atoms with van der Waals surface area (Å²) in [5, 5.41) is 3.33. The van der Waals surface area contributed by atoms with Crippen LogP contribution in [0.1, 0.15) is 54.9 Å². The standard InChI is InChI=1S/C20H30Si/c1-14-15(2)18(21-17-11-9-8-10-12-17)20(7,16(14)3)13-19(4,5)6/h8-12H,13,21H2,1-7H3. The van der Waals surface area contributed by atoms with Crippen molar-refractivity contribution in [3.05, 3.63) is 52.2 Å². The molecule has 114 valence electrons. The van der Waals surface area contributed by atoms with E-state index in [2.05, 4.69) is 78.8 Å². The molecule has 21 heavy (non-hydrogen) atoms. The average Bonchev–Trinajstić information content (AvgIpc) is 2.54. The molecule has 0 saturated heterocycles. The van der Waals surface area contributed by atoms with Crippen LogP contribution in [-0.4, -0.2) is 9.52 Å². The van der Waals surface area contributed by atoms with Crippen LogP contribution in [0.5, 0.6) is 0 Å². The van der Waals surface area contributed by atoms with E-state index in [9.17, 15) is 0 Å². The van der Waals surface area contributed by atoms with Crippen LogP contribution in [0.25, 0.3) is 0 Å². The fraction of sp³-hybridized carbons (Fsp3) is 0.500. The molecule has 1 unspecified atom stereocenters. The molecule has 0 aliphatic heterocycles. The summed E-state index contributed by atoms with van der Waals surface area (Å²) >= 11 is 0. The van der Waals surface area contributed by atoms with Crippen molar-refractivity contribution in [2.24, 2.45) is 10.8 Å². The SMILES string of the molecule is CC1=C(C)C(C)(CC(C)(C)C)C([SiH2]c2ccccc2)=C1C. The number of hydrogen-bond donors (Lipinski definition) is 0. The summed E-state index contributed by atoms with van der Waals surface area (Å²) in [6.45, 7) is 16.6. The third-order valence-electron chi connectivity index (χ3n) is 5.18. The van der Waals surface area contributed by atoms with E-state index in [4.69, 9.17) is 0 Å². The second-order valence-electron chi connectivity index (χ2n) is 8.09. The van der Waals surface area contributed by atoms with Gasteiger partial charge in [-0.05, 0) is 38.2 Å². The van der Waals surface area contributed by atoms with E-state index >= 15 is 0 Å².